The fourth-order valence-corrected chi connectivity index (χ4v) is 3.23. The van der Waals surface area contributed by atoms with Crippen LogP contribution >= 0.6 is 0 Å². The summed E-state index contributed by atoms with van der Waals surface area (Å²) in [5.41, 5.74) is 1.16. The van der Waals surface area contributed by atoms with E-state index < -0.39 is 5.97 Å². The van der Waals surface area contributed by atoms with E-state index in [1.54, 1.807) is 24.3 Å². The van der Waals surface area contributed by atoms with Crippen molar-refractivity contribution in [2.24, 2.45) is 5.92 Å². The van der Waals surface area contributed by atoms with Gasteiger partial charge in [0.2, 0.25) is 5.91 Å². The molecule has 1 fully saturated rings. The fraction of sp³-hybridized carbons (Fsp3) is 0.550. The predicted molar refractivity (Wildman–Crippen MR) is 100 cm³/mol. The molecular formula is C20H28N2O4. The van der Waals surface area contributed by atoms with Crippen LogP contribution in [0.4, 0.5) is 5.69 Å². The molecule has 1 aromatic rings. The normalized spacial score (nSPS) is 14.6. The maximum Gasteiger partial charge on any atom is 0.303 e. The second-order valence-electron chi connectivity index (χ2n) is 6.87. The molecule has 6 nitrogen and oxygen atoms in total. The lowest BCUT2D eigenvalue weighted by Gasteiger charge is -2.20. The monoisotopic (exact) mass is 360 g/mol. The number of carboxylic acid groups (broad SMARTS) is 1. The Kier molecular flexibility index (Phi) is 8.12. The first kappa shape index (κ1) is 19.9. The summed E-state index contributed by atoms with van der Waals surface area (Å²) in [5, 5.41) is 14.3. The van der Waals surface area contributed by atoms with E-state index >= 15 is 0 Å². The highest BCUT2D eigenvalue weighted by Gasteiger charge is 2.21. The highest BCUT2D eigenvalue weighted by Crippen LogP contribution is 2.25. The van der Waals surface area contributed by atoms with Gasteiger partial charge in [-0.2, -0.15) is 0 Å². The molecule has 1 aliphatic rings. The van der Waals surface area contributed by atoms with E-state index in [1.165, 1.54) is 6.42 Å². The largest absolute Gasteiger partial charge is 0.481 e. The summed E-state index contributed by atoms with van der Waals surface area (Å²) in [6.45, 7) is 0.511. The number of aliphatic carboxylic acids is 1. The van der Waals surface area contributed by atoms with E-state index in [0.717, 1.165) is 38.5 Å². The van der Waals surface area contributed by atoms with Crippen LogP contribution in [0.15, 0.2) is 24.3 Å². The van der Waals surface area contributed by atoms with E-state index in [-0.39, 0.29) is 24.2 Å². The number of hydrogen-bond donors (Lipinski definition) is 3. The van der Waals surface area contributed by atoms with Crippen molar-refractivity contribution in [2.75, 3.05) is 11.9 Å². The Morgan fingerprint density at radius 2 is 1.81 bits per heavy atom. The van der Waals surface area contributed by atoms with Crippen LogP contribution in [0.5, 0.6) is 0 Å². The molecule has 0 heterocycles. The summed E-state index contributed by atoms with van der Waals surface area (Å²) in [7, 11) is 0. The molecule has 0 atom stereocenters. The molecule has 0 unspecified atom stereocenters. The van der Waals surface area contributed by atoms with Crippen molar-refractivity contribution < 1.29 is 19.5 Å². The number of benzene rings is 1. The third kappa shape index (κ3) is 6.86. The molecule has 1 aromatic carbocycles. The topological polar surface area (TPSA) is 95.5 Å². The molecule has 0 spiro atoms. The maximum absolute atomic E-state index is 12.3. The molecule has 1 saturated carbocycles. The number of rotatable bonds is 9. The van der Waals surface area contributed by atoms with E-state index in [0.29, 0.717) is 24.2 Å². The standard InChI is InChI=1S/C20H28N2O4/c23-18(24)12-5-2-6-13-21-19(25)16-10-7-11-17(14-16)22-20(26)15-8-3-1-4-9-15/h7,10-11,14-15H,1-6,8-9,12-13H2,(H,21,25)(H,22,26)(H,23,24). The van der Waals surface area contributed by atoms with Crippen molar-refractivity contribution in [1.29, 1.82) is 0 Å². The van der Waals surface area contributed by atoms with Crippen LogP contribution in [-0.4, -0.2) is 29.4 Å². The van der Waals surface area contributed by atoms with Crippen LogP contribution in [-0.2, 0) is 9.59 Å². The van der Waals surface area contributed by atoms with Crippen molar-refractivity contribution in [3.05, 3.63) is 29.8 Å². The number of amides is 2. The maximum atomic E-state index is 12.3. The van der Waals surface area contributed by atoms with Gasteiger partial charge in [0.05, 0.1) is 0 Å². The van der Waals surface area contributed by atoms with E-state index in [4.69, 9.17) is 5.11 Å². The summed E-state index contributed by atoms with van der Waals surface area (Å²) in [4.78, 5) is 35.0. The molecule has 2 amide bonds. The Morgan fingerprint density at radius 3 is 2.54 bits per heavy atom. The van der Waals surface area contributed by atoms with Gasteiger partial charge >= 0.3 is 5.97 Å². The third-order valence-electron chi connectivity index (χ3n) is 4.72. The minimum atomic E-state index is -0.791. The van der Waals surface area contributed by atoms with Gasteiger partial charge < -0.3 is 15.7 Å². The molecule has 0 saturated heterocycles. The third-order valence-corrected chi connectivity index (χ3v) is 4.72. The quantitative estimate of drug-likeness (QED) is 0.587. The van der Waals surface area contributed by atoms with Gasteiger partial charge in [0.25, 0.3) is 5.91 Å². The number of unbranched alkanes of at least 4 members (excludes halogenated alkanes) is 2. The number of anilines is 1. The molecule has 0 bridgehead atoms. The van der Waals surface area contributed by atoms with Crippen LogP contribution in [0.2, 0.25) is 0 Å². The summed E-state index contributed by atoms with van der Waals surface area (Å²) >= 11 is 0. The number of hydrogen-bond acceptors (Lipinski definition) is 3. The van der Waals surface area contributed by atoms with Gasteiger partial charge in [-0.05, 0) is 43.9 Å². The molecule has 26 heavy (non-hydrogen) atoms. The Morgan fingerprint density at radius 1 is 1.04 bits per heavy atom. The summed E-state index contributed by atoms with van der Waals surface area (Å²) in [6.07, 6.45) is 7.59. The first-order valence-electron chi connectivity index (χ1n) is 9.47. The minimum Gasteiger partial charge on any atom is -0.481 e. The Hall–Kier alpha value is -2.37. The lowest BCUT2D eigenvalue weighted by Crippen LogP contribution is -2.26. The number of carbonyl (C=O) groups excluding carboxylic acids is 2. The molecule has 0 aromatic heterocycles. The van der Waals surface area contributed by atoms with Crippen molar-refractivity contribution in [2.45, 2.75) is 57.8 Å². The number of carbonyl (C=O) groups is 3. The van der Waals surface area contributed by atoms with Gasteiger partial charge in [-0.15, -0.1) is 0 Å². The smallest absolute Gasteiger partial charge is 0.303 e. The highest BCUT2D eigenvalue weighted by atomic mass is 16.4. The molecule has 0 radical (unpaired) electrons. The molecular weight excluding hydrogens is 332 g/mol. The van der Waals surface area contributed by atoms with Crippen LogP contribution in [0.25, 0.3) is 0 Å². The lowest BCUT2D eigenvalue weighted by molar-refractivity contribution is -0.137. The first-order chi connectivity index (χ1) is 12.6. The van der Waals surface area contributed by atoms with Gasteiger partial charge in [0.15, 0.2) is 0 Å². The number of carboxylic acids is 1. The van der Waals surface area contributed by atoms with Gasteiger partial charge in [0, 0.05) is 30.1 Å². The van der Waals surface area contributed by atoms with E-state index in [9.17, 15) is 14.4 Å². The van der Waals surface area contributed by atoms with Gasteiger partial charge in [0.1, 0.15) is 0 Å². The second-order valence-corrected chi connectivity index (χ2v) is 6.87. The average Bonchev–Trinajstić information content (AvgIpc) is 2.65. The molecule has 0 aliphatic heterocycles. The SMILES string of the molecule is O=C(O)CCCCCNC(=O)c1cccc(NC(=O)C2CCCCC2)c1. The van der Waals surface area contributed by atoms with E-state index in [1.807, 2.05) is 0 Å². The molecule has 142 valence electrons. The van der Waals surface area contributed by atoms with Crippen molar-refractivity contribution >= 4 is 23.5 Å². The van der Waals surface area contributed by atoms with E-state index in [2.05, 4.69) is 10.6 Å². The Balaban J connectivity index is 1.77. The second kappa shape index (κ2) is 10.6. The average molecular weight is 360 g/mol. The molecule has 6 heteroatoms. The Bertz CT molecular complexity index is 624. The zero-order chi connectivity index (χ0) is 18.8. The minimum absolute atomic E-state index is 0.0423. The predicted octanol–water partition coefficient (Wildman–Crippen LogP) is 3.58. The molecule has 2 rings (SSSR count). The summed E-state index contributed by atoms with van der Waals surface area (Å²) in [5.74, 6) is -0.856. The number of nitrogens with one attached hydrogen (secondary N) is 2. The van der Waals surface area contributed by atoms with Gasteiger partial charge in [-0.25, -0.2) is 0 Å². The lowest BCUT2D eigenvalue weighted by atomic mass is 9.88. The van der Waals surface area contributed by atoms with Crippen molar-refractivity contribution in [3.63, 3.8) is 0 Å². The van der Waals surface area contributed by atoms with Crippen molar-refractivity contribution in [1.82, 2.24) is 5.32 Å². The first-order valence-corrected chi connectivity index (χ1v) is 9.47. The van der Waals surface area contributed by atoms with Gasteiger partial charge in [-0.3, -0.25) is 14.4 Å². The zero-order valence-electron chi connectivity index (χ0n) is 15.1. The zero-order valence-corrected chi connectivity index (χ0v) is 15.1. The highest BCUT2D eigenvalue weighted by molar-refractivity contribution is 5.97. The van der Waals surface area contributed by atoms with Crippen LogP contribution in [0.3, 0.4) is 0 Å². The molecule has 1 aliphatic carbocycles. The molecule has 3 N–H and O–H groups in total. The Labute approximate surface area is 154 Å². The van der Waals surface area contributed by atoms with Crippen molar-refractivity contribution in [3.8, 4) is 0 Å². The van der Waals surface area contributed by atoms with Crippen LogP contribution in [0.1, 0.15) is 68.1 Å². The summed E-state index contributed by atoms with van der Waals surface area (Å²) < 4.78 is 0. The van der Waals surface area contributed by atoms with Crippen LogP contribution < -0.4 is 10.6 Å². The van der Waals surface area contributed by atoms with Gasteiger partial charge in [-0.1, -0.05) is 31.7 Å². The fourth-order valence-electron chi connectivity index (χ4n) is 3.23. The van der Waals surface area contributed by atoms with Crippen LogP contribution in [0, 0.1) is 5.92 Å². The summed E-state index contributed by atoms with van der Waals surface area (Å²) in [6, 6.07) is 6.97.